The molecule has 136 valence electrons. The van der Waals surface area contributed by atoms with Crippen molar-refractivity contribution in [2.45, 2.75) is 6.54 Å². The van der Waals surface area contributed by atoms with Crippen molar-refractivity contribution >= 4 is 38.3 Å². The number of nitrogens with one attached hydrogen (secondary N) is 1. The third-order valence-electron chi connectivity index (χ3n) is 3.26. The fourth-order valence-corrected chi connectivity index (χ4v) is 3.54. The van der Waals surface area contributed by atoms with E-state index in [2.05, 4.69) is 26.2 Å². The maximum Gasteiger partial charge on any atom is 0.258 e. The average Bonchev–Trinajstić information content (AvgIpc) is 2.99. The number of carbonyl (C=O) groups excluding carboxylic acids is 1. The van der Waals surface area contributed by atoms with E-state index >= 15 is 0 Å². The second kappa shape index (κ2) is 8.50. The molecule has 0 aliphatic rings. The highest BCUT2D eigenvalue weighted by Crippen LogP contribution is 2.44. The number of methoxy groups -OCH3 is 3. The highest BCUT2D eigenvalue weighted by Gasteiger charge is 2.23. The summed E-state index contributed by atoms with van der Waals surface area (Å²) >= 11 is 4.78. The number of amides is 1. The number of nitrogens with zero attached hydrogens (tertiary/aromatic N) is 2. The molecule has 25 heavy (non-hydrogen) atoms. The fourth-order valence-electron chi connectivity index (χ4n) is 2.21. The van der Waals surface area contributed by atoms with Crippen molar-refractivity contribution in [3.8, 4) is 17.2 Å². The summed E-state index contributed by atoms with van der Waals surface area (Å²) in [7, 11) is 8.43. The third kappa shape index (κ3) is 4.42. The molecule has 0 radical (unpaired) electrons. The van der Waals surface area contributed by atoms with Crippen LogP contribution in [0.4, 0.5) is 5.13 Å². The quantitative estimate of drug-likeness (QED) is 0.727. The number of hydrogen-bond donors (Lipinski definition) is 1. The van der Waals surface area contributed by atoms with Crippen LogP contribution in [0.2, 0.25) is 0 Å². The Morgan fingerprint density at radius 1 is 1.24 bits per heavy atom. The third-order valence-corrected chi connectivity index (χ3v) is 4.86. The van der Waals surface area contributed by atoms with Crippen LogP contribution in [0, 0.1) is 0 Å². The van der Waals surface area contributed by atoms with E-state index < -0.39 is 0 Å². The van der Waals surface area contributed by atoms with Crippen LogP contribution in [0.3, 0.4) is 0 Å². The second-order valence-corrected chi connectivity index (χ2v) is 6.99. The number of thiazole rings is 1. The Labute approximate surface area is 159 Å². The van der Waals surface area contributed by atoms with Crippen molar-refractivity contribution < 1.29 is 19.0 Å². The number of halogens is 1. The Balaban J connectivity index is 2.31. The Morgan fingerprint density at radius 2 is 1.92 bits per heavy atom. The molecule has 2 rings (SSSR count). The van der Waals surface area contributed by atoms with Crippen LogP contribution in [0.5, 0.6) is 17.2 Å². The van der Waals surface area contributed by atoms with Crippen LogP contribution < -0.4 is 19.5 Å². The highest BCUT2D eigenvalue weighted by molar-refractivity contribution is 9.10. The molecule has 7 nitrogen and oxygen atoms in total. The zero-order valence-electron chi connectivity index (χ0n) is 14.7. The number of rotatable bonds is 7. The van der Waals surface area contributed by atoms with Crippen LogP contribution >= 0.6 is 27.3 Å². The van der Waals surface area contributed by atoms with E-state index in [9.17, 15) is 4.79 Å². The van der Waals surface area contributed by atoms with Crippen LogP contribution in [-0.2, 0) is 6.54 Å². The van der Waals surface area contributed by atoms with Gasteiger partial charge < -0.3 is 19.1 Å². The lowest BCUT2D eigenvalue weighted by molar-refractivity contribution is 0.102. The number of aromatic nitrogens is 1. The van der Waals surface area contributed by atoms with Gasteiger partial charge in [-0.25, -0.2) is 4.98 Å². The summed E-state index contributed by atoms with van der Waals surface area (Å²) in [6.45, 7) is 0.709. The van der Waals surface area contributed by atoms with Crippen LogP contribution in [0.15, 0.2) is 15.9 Å². The summed E-state index contributed by atoms with van der Waals surface area (Å²) < 4.78 is 16.4. The minimum absolute atomic E-state index is 0.322. The standard InChI is InChI=1S/C16H20BrN3O4S/c1-20(2)7-9-8-25-16(18-9)19-15(21)10-6-11(22-3)13(23-4)14(24-5)12(10)17/h6,8H,7H2,1-5H3,(H,18,19,21). The average molecular weight is 430 g/mol. The van der Waals surface area contributed by atoms with Crippen molar-refractivity contribution in [3.05, 3.63) is 27.2 Å². The topological polar surface area (TPSA) is 72.9 Å². The van der Waals surface area contributed by atoms with Gasteiger partial charge in [-0.3, -0.25) is 10.1 Å². The van der Waals surface area contributed by atoms with Gasteiger partial charge in [-0.2, -0.15) is 0 Å². The molecule has 0 saturated carbocycles. The van der Waals surface area contributed by atoms with Gasteiger partial charge in [-0.05, 0) is 36.1 Å². The second-order valence-electron chi connectivity index (χ2n) is 5.34. The first-order chi connectivity index (χ1) is 11.9. The summed E-state index contributed by atoms with van der Waals surface area (Å²) in [5.74, 6) is 0.882. The van der Waals surface area contributed by atoms with Crippen molar-refractivity contribution in [2.75, 3.05) is 40.7 Å². The minimum atomic E-state index is -0.322. The van der Waals surface area contributed by atoms with Gasteiger partial charge in [-0.1, -0.05) is 0 Å². The van der Waals surface area contributed by atoms with E-state index in [4.69, 9.17) is 14.2 Å². The summed E-state index contributed by atoms with van der Waals surface area (Å²) in [6, 6.07) is 1.59. The molecule has 1 aromatic carbocycles. The predicted molar refractivity (Wildman–Crippen MR) is 101 cm³/mol. The molecule has 0 atom stereocenters. The summed E-state index contributed by atoms with van der Waals surface area (Å²) in [4.78, 5) is 19.1. The van der Waals surface area contributed by atoms with Gasteiger partial charge in [-0.15, -0.1) is 11.3 Å². The van der Waals surface area contributed by atoms with Crippen molar-refractivity contribution in [3.63, 3.8) is 0 Å². The van der Waals surface area contributed by atoms with E-state index in [-0.39, 0.29) is 5.91 Å². The first-order valence-electron chi connectivity index (χ1n) is 7.30. The van der Waals surface area contributed by atoms with Crippen molar-refractivity contribution in [1.29, 1.82) is 0 Å². The van der Waals surface area contributed by atoms with Gasteiger partial charge >= 0.3 is 0 Å². The molecule has 1 heterocycles. The number of carbonyl (C=O) groups is 1. The predicted octanol–water partition coefficient (Wildman–Crippen LogP) is 3.25. The molecule has 0 unspecified atom stereocenters. The van der Waals surface area contributed by atoms with Crippen LogP contribution in [0.1, 0.15) is 16.1 Å². The molecular weight excluding hydrogens is 410 g/mol. The van der Waals surface area contributed by atoms with E-state index in [0.717, 1.165) is 5.69 Å². The molecule has 1 N–H and O–H groups in total. The monoisotopic (exact) mass is 429 g/mol. The molecule has 0 bridgehead atoms. The van der Waals surface area contributed by atoms with Gasteiger partial charge in [0, 0.05) is 11.9 Å². The normalized spacial score (nSPS) is 10.7. The van der Waals surface area contributed by atoms with Crippen LogP contribution in [0.25, 0.3) is 0 Å². The lowest BCUT2D eigenvalue weighted by Crippen LogP contribution is -2.14. The Kier molecular flexibility index (Phi) is 6.63. The summed E-state index contributed by atoms with van der Waals surface area (Å²) in [6.07, 6.45) is 0. The van der Waals surface area contributed by atoms with E-state index in [1.807, 2.05) is 24.4 Å². The van der Waals surface area contributed by atoms with E-state index in [1.54, 1.807) is 6.07 Å². The molecule has 0 aliphatic heterocycles. The zero-order chi connectivity index (χ0) is 18.6. The molecule has 1 aromatic heterocycles. The Bertz CT molecular complexity index is 764. The SMILES string of the molecule is COc1cc(C(=O)Nc2nc(CN(C)C)cs2)c(Br)c(OC)c1OC. The summed E-state index contributed by atoms with van der Waals surface area (Å²) in [5, 5.41) is 5.25. The smallest absolute Gasteiger partial charge is 0.258 e. The van der Waals surface area contributed by atoms with Crippen molar-refractivity contribution in [1.82, 2.24) is 9.88 Å². The molecular formula is C16H20BrN3O4S. The number of ether oxygens (including phenoxy) is 3. The molecule has 0 saturated heterocycles. The van der Waals surface area contributed by atoms with E-state index in [0.29, 0.717) is 39.0 Å². The van der Waals surface area contributed by atoms with Crippen LogP contribution in [-0.4, -0.2) is 51.2 Å². The molecule has 1 amide bonds. The van der Waals surface area contributed by atoms with Gasteiger partial charge in [0.25, 0.3) is 5.91 Å². The first kappa shape index (κ1) is 19.5. The minimum Gasteiger partial charge on any atom is -0.493 e. The maximum absolute atomic E-state index is 12.7. The van der Waals surface area contributed by atoms with Gasteiger partial charge in [0.15, 0.2) is 16.6 Å². The number of hydrogen-bond acceptors (Lipinski definition) is 7. The molecule has 9 heteroatoms. The molecule has 0 spiro atoms. The van der Waals surface area contributed by atoms with Gasteiger partial charge in [0.05, 0.1) is 37.1 Å². The number of benzene rings is 1. The van der Waals surface area contributed by atoms with E-state index in [1.165, 1.54) is 32.7 Å². The Hall–Kier alpha value is -1.84. The zero-order valence-corrected chi connectivity index (χ0v) is 17.1. The highest BCUT2D eigenvalue weighted by atomic mass is 79.9. The van der Waals surface area contributed by atoms with Gasteiger partial charge in [0.1, 0.15) is 0 Å². The molecule has 0 fully saturated rings. The largest absolute Gasteiger partial charge is 0.493 e. The van der Waals surface area contributed by atoms with Crippen molar-refractivity contribution in [2.24, 2.45) is 0 Å². The van der Waals surface area contributed by atoms with Gasteiger partial charge in [0.2, 0.25) is 5.75 Å². The lowest BCUT2D eigenvalue weighted by Gasteiger charge is -2.16. The number of anilines is 1. The molecule has 0 aliphatic carbocycles. The maximum atomic E-state index is 12.7. The lowest BCUT2D eigenvalue weighted by atomic mass is 10.1. The fraction of sp³-hybridized carbons (Fsp3) is 0.375. The first-order valence-corrected chi connectivity index (χ1v) is 8.97. The molecule has 2 aromatic rings. The Morgan fingerprint density at radius 3 is 2.48 bits per heavy atom. The summed E-state index contributed by atoms with van der Waals surface area (Å²) in [5.41, 5.74) is 1.26.